The summed E-state index contributed by atoms with van der Waals surface area (Å²) in [6, 6.07) is 10.1. The normalized spacial score (nSPS) is 19.2. The molecule has 0 spiro atoms. The molecule has 0 aromatic heterocycles. The van der Waals surface area contributed by atoms with E-state index in [0.29, 0.717) is 5.78 Å². The van der Waals surface area contributed by atoms with Gasteiger partial charge in [0, 0.05) is 6.42 Å². The van der Waals surface area contributed by atoms with E-state index < -0.39 is 0 Å². The van der Waals surface area contributed by atoms with Gasteiger partial charge in [-0.1, -0.05) is 48.6 Å². The Bertz CT molecular complexity index is 399. The third kappa shape index (κ3) is 2.66. The van der Waals surface area contributed by atoms with Crippen molar-refractivity contribution in [1.82, 2.24) is 0 Å². The lowest BCUT2D eigenvalue weighted by molar-refractivity contribution is -0.114. The molecule has 0 heterocycles. The molecule has 0 unspecified atom stereocenters. The van der Waals surface area contributed by atoms with Gasteiger partial charge in [-0.25, -0.2) is 0 Å². The van der Waals surface area contributed by atoms with Crippen LogP contribution >= 0.6 is 0 Å². The summed E-state index contributed by atoms with van der Waals surface area (Å²) >= 11 is 0. The molecule has 15 heavy (non-hydrogen) atoms. The summed E-state index contributed by atoms with van der Waals surface area (Å²) in [5, 5.41) is 0. The first-order valence-corrected chi connectivity index (χ1v) is 5.32. The molecule has 76 valence electrons. The lowest BCUT2D eigenvalue weighted by Crippen LogP contribution is -1.89. The Morgan fingerprint density at radius 3 is 2.53 bits per heavy atom. The van der Waals surface area contributed by atoms with Crippen molar-refractivity contribution in [3.63, 3.8) is 0 Å². The van der Waals surface area contributed by atoms with Crippen LogP contribution in [0.2, 0.25) is 0 Å². The Balaban J connectivity index is 2.04. The molecule has 2 rings (SSSR count). The first-order valence-electron chi connectivity index (χ1n) is 5.32. The zero-order valence-corrected chi connectivity index (χ0v) is 8.65. The van der Waals surface area contributed by atoms with Gasteiger partial charge in [0.05, 0.1) is 0 Å². The number of hydrogen-bond donors (Lipinski definition) is 0. The Morgan fingerprint density at radius 2 is 1.87 bits per heavy atom. The van der Waals surface area contributed by atoms with Gasteiger partial charge < -0.3 is 0 Å². The first kappa shape index (κ1) is 9.91. The van der Waals surface area contributed by atoms with Gasteiger partial charge in [0.15, 0.2) is 5.78 Å². The predicted molar refractivity (Wildman–Crippen MR) is 62.4 cm³/mol. The number of ketones is 1. The second-order valence-corrected chi connectivity index (χ2v) is 3.74. The predicted octanol–water partition coefficient (Wildman–Crippen LogP) is 3.38. The summed E-state index contributed by atoms with van der Waals surface area (Å²) in [5.41, 5.74) is 2.14. The van der Waals surface area contributed by atoms with E-state index in [9.17, 15) is 4.79 Å². The van der Waals surface area contributed by atoms with Gasteiger partial charge in [-0.15, -0.1) is 0 Å². The molecule has 1 aromatic carbocycles. The van der Waals surface area contributed by atoms with Crippen molar-refractivity contribution in [3.8, 4) is 0 Å². The summed E-state index contributed by atoms with van der Waals surface area (Å²) < 4.78 is 0. The Hall–Kier alpha value is -1.63. The molecule has 1 aromatic rings. The maximum atomic E-state index is 11.3. The van der Waals surface area contributed by atoms with Gasteiger partial charge in [0.1, 0.15) is 0 Å². The molecule has 0 bridgehead atoms. The molecule has 0 saturated heterocycles. The maximum absolute atomic E-state index is 11.3. The van der Waals surface area contributed by atoms with Crippen LogP contribution < -0.4 is 0 Å². The molecule has 0 N–H and O–H groups in total. The lowest BCUT2D eigenvalue weighted by Gasteiger charge is -1.91. The molecular weight excluding hydrogens is 184 g/mol. The van der Waals surface area contributed by atoms with Gasteiger partial charge in [-0.2, -0.15) is 0 Å². The van der Waals surface area contributed by atoms with Crippen LogP contribution in [0.3, 0.4) is 0 Å². The second kappa shape index (κ2) is 4.74. The van der Waals surface area contributed by atoms with Crippen LogP contribution in [0.4, 0.5) is 0 Å². The highest BCUT2D eigenvalue weighted by molar-refractivity contribution is 5.97. The zero-order valence-electron chi connectivity index (χ0n) is 8.65. The highest BCUT2D eigenvalue weighted by Gasteiger charge is 2.15. The summed E-state index contributed by atoms with van der Waals surface area (Å²) in [6.07, 6.45) is 8.63. The van der Waals surface area contributed by atoms with E-state index in [-0.39, 0.29) is 0 Å². The van der Waals surface area contributed by atoms with Crippen molar-refractivity contribution in [1.29, 1.82) is 0 Å². The van der Waals surface area contributed by atoms with Gasteiger partial charge in [-0.3, -0.25) is 4.79 Å². The van der Waals surface area contributed by atoms with E-state index >= 15 is 0 Å². The van der Waals surface area contributed by atoms with Crippen molar-refractivity contribution in [3.05, 3.63) is 53.6 Å². The standard InChI is InChI=1S/C14H14O/c15-14-11-5-10-13(14)9-4-8-12-6-2-1-3-7-12/h1-4,6-9H,5,10-11H2/b8-4+,13-9-. The molecular formula is C14H14O. The molecule has 1 aliphatic rings. The van der Waals surface area contributed by atoms with Gasteiger partial charge in [0.2, 0.25) is 0 Å². The van der Waals surface area contributed by atoms with Gasteiger partial charge >= 0.3 is 0 Å². The number of hydrogen-bond acceptors (Lipinski definition) is 1. The number of carbonyl (C=O) groups excluding carboxylic acids is 1. The Morgan fingerprint density at radius 1 is 1.07 bits per heavy atom. The fourth-order valence-corrected chi connectivity index (χ4v) is 1.76. The van der Waals surface area contributed by atoms with Crippen molar-refractivity contribution >= 4 is 11.9 Å². The number of allylic oxidation sites excluding steroid dienone is 3. The number of Topliss-reactive ketones (excluding diaryl/α,β-unsaturated/α-hetero) is 1. The summed E-state index contributed by atoms with van der Waals surface area (Å²) in [5.74, 6) is 0.313. The van der Waals surface area contributed by atoms with Crippen LogP contribution in [0.1, 0.15) is 24.8 Å². The molecule has 0 radical (unpaired) electrons. The quantitative estimate of drug-likeness (QED) is 0.666. The van der Waals surface area contributed by atoms with E-state index in [2.05, 4.69) is 0 Å². The minimum atomic E-state index is 0.313. The SMILES string of the molecule is O=C1CCC/C1=C/C=C/c1ccccc1. The summed E-state index contributed by atoms with van der Waals surface area (Å²) in [7, 11) is 0. The first-order chi connectivity index (χ1) is 7.36. The summed E-state index contributed by atoms with van der Waals surface area (Å²) in [4.78, 5) is 11.3. The average molecular weight is 198 g/mol. The topological polar surface area (TPSA) is 17.1 Å². The molecule has 1 saturated carbocycles. The molecule has 0 atom stereocenters. The van der Waals surface area contributed by atoms with Crippen LogP contribution in [0.5, 0.6) is 0 Å². The van der Waals surface area contributed by atoms with Crippen LogP contribution in [0.15, 0.2) is 48.1 Å². The van der Waals surface area contributed by atoms with Gasteiger partial charge in [-0.05, 0) is 24.0 Å². The molecule has 1 fully saturated rings. The Kier molecular flexibility index (Phi) is 3.13. The highest BCUT2D eigenvalue weighted by atomic mass is 16.1. The molecule has 1 heteroatoms. The largest absolute Gasteiger partial charge is 0.295 e. The monoisotopic (exact) mass is 198 g/mol. The van der Waals surface area contributed by atoms with E-state index in [4.69, 9.17) is 0 Å². The van der Waals surface area contributed by atoms with Crippen LogP contribution in [-0.2, 0) is 4.79 Å². The van der Waals surface area contributed by atoms with E-state index in [0.717, 1.165) is 24.8 Å². The minimum Gasteiger partial charge on any atom is -0.295 e. The maximum Gasteiger partial charge on any atom is 0.158 e. The zero-order chi connectivity index (χ0) is 10.5. The fourth-order valence-electron chi connectivity index (χ4n) is 1.76. The third-order valence-corrected chi connectivity index (χ3v) is 2.59. The van der Waals surface area contributed by atoms with E-state index in [1.807, 2.05) is 48.6 Å². The fraction of sp³-hybridized carbons (Fsp3) is 0.214. The van der Waals surface area contributed by atoms with Crippen molar-refractivity contribution in [2.45, 2.75) is 19.3 Å². The minimum absolute atomic E-state index is 0.313. The summed E-state index contributed by atoms with van der Waals surface area (Å²) in [6.45, 7) is 0. The lowest BCUT2D eigenvalue weighted by atomic mass is 10.1. The Labute approximate surface area is 90.1 Å². The van der Waals surface area contributed by atoms with Crippen molar-refractivity contribution < 1.29 is 4.79 Å². The second-order valence-electron chi connectivity index (χ2n) is 3.74. The smallest absolute Gasteiger partial charge is 0.158 e. The number of carbonyl (C=O) groups is 1. The van der Waals surface area contributed by atoms with E-state index in [1.165, 1.54) is 5.56 Å². The molecule has 1 nitrogen and oxygen atoms in total. The van der Waals surface area contributed by atoms with Crippen molar-refractivity contribution in [2.75, 3.05) is 0 Å². The van der Waals surface area contributed by atoms with Crippen LogP contribution in [0, 0.1) is 0 Å². The molecule has 1 aliphatic carbocycles. The van der Waals surface area contributed by atoms with Crippen LogP contribution in [-0.4, -0.2) is 5.78 Å². The van der Waals surface area contributed by atoms with Gasteiger partial charge in [0.25, 0.3) is 0 Å². The third-order valence-electron chi connectivity index (χ3n) is 2.59. The van der Waals surface area contributed by atoms with E-state index in [1.54, 1.807) is 0 Å². The highest BCUT2D eigenvalue weighted by Crippen LogP contribution is 2.20. The molecule has 0 aliphatic heterocycles. The molecule has 0 amide bonds. The number of benzene rings is 1. The van der Waals surface area contributed by atoms with Crippen LogP contribution in [0.25, 0.3) is 6.08 Å². The number of rotatable bonds is 2. The van der Waals surface area contributed by atoms with Crippen molar-refractivity contribution in [2.24, 2.45) is 0 Å². The average Bonchev–Trinajstić information content (AvgIpc) is 2.66.